The van der Waals surface area contributed by atoms with Crippen LogP contribution in [-0.2, 0) is 11.3 Å². The van der Waals surface area contributed by atoms with Crippen molar-refractivity contribution < 1.29 is 14.7 Å². The molecule has 0 bridgehead atoms. The van der Waals surface area contributed by atoms with Gasteiger partial charge in [0, 0.05) is 10.6 Å². The van der Waals surface area contributed by atoms with E-state index in [2.05, 4.69) is 5.16 Å². The second kappa shape index (κ2) is 7.13. The Morgan fingerprint density at radius 3 is 2.52 bits per heavy atom. The fourth-order valence-corrected chi connectivity index (χ4v) is 3.23. The van der Waals surface area contributed by atoms with Crippen LogP contribution in [0.5, 0.6) is 11.5 Å². The minimum Gasteiger partial charge on any atom is -0.457 e. The van der Waals surface area contributed by atoms with E-state index in [0.29, 0.717) is 28.6 Å². The van der Waals surface area contributed by atoms with Crippen molar-refractivity contribution in [1.29, 1.82) is 0 Å². The van der Waals surface area contributed by atoms with Gasteiger partial charge in [0.05, 0.1) is 12.2 Å². The molecule has 3 aromatic rings. The first-order valence-corrected chi connectivity index (χ1v) is 8.69. The van der Waals surface area contributed by atoms with Crippen LogP contribution in [0, 0.1) is 0 Å². The lowest BCUT2D eigenvalue weighted by molar-refractivity contribution is -0.112. The lowest BCUT2D eigenvalue weighted by atomic mass is 10.1. The standard InChI is InChI=1S/C21H15ClN2O3/c22-15-9-10-19-18(12-15)20(23-26)21(25)24(19)13-14-5-4-8-17(11-14)27-16-6-2-1-3-7-16/h1-12,26H,13H2/b23-20-. The summed E-state index contributed by atoms with van der Waals surface area (Å²) >= 11 is 6.02. The highest BCUT2D eigenvalue weighted by Crippen LogP contribution is 2.33. The van der Waals surface area contributed by atoms with Gasteiger partial charge in [-0.25, -0.2) is 0 Å². The number of fused-ring (bicyclic) bond motifs is 1. The number of carbonyl (C=O) groups excluding carboxylic acids is 1. The van der Waals surface area contributed by atoms with Crippen LogP contribution in [0.1, 0.15) is 11.1 Å². The van der Waals surface area contributed by atoms with E-state index in [0.717, 1.165) is 11.3 Å². The number of hydrogen-bond acceptors (Lipinski definition) is 4. The van der Waals surface area contributed by atoms with Crippen LogP contribution in [0.15, 0.2) is 78.0 Å². The van der Waals surface area contributed by atoms with Gasteiger partial charge in [-0.05, 0) is 48.0 Å². The van der Waals surface area contributed by atoms with E-state index in [1.807, 2.05) is 54.6 Å². The number of para-hydroxylation sites is 1. The zero-order valence-corrected chi connectivity index (χ0v) is 14.9. The first-order valence-electron chi connectivity index (χ1n) is 8.31. The first-order chi connectivity index (χ1) is 13.2. The number of rotatable bonds is 4. The van der Waals surface area contributed by atoms with Gasteiger partial charge >= 0.3 is 0 Å². The molecule has 0 spiro atoms. The molecular weight excluding hydrogens is 364 g/mol. The maximum absolute atomic E-state index is 12.6. The number of halogens is 1. The van der Waals surface area contributed by atoms with Crippen molar-refractivity contribution in [3.63, 3.8) is 0 Å². The molecule has 0 fully saturated rings. The van der Waals surface area contributed by atoms with E-state index < -0.39 is 0 Å². The van der Waals surface area contributed by atoms with Gasteiger partial charge in [-0.2, -0.15) is 0 Å². The van der Waals surface area contributed by atoms with E-state index in [-0.39, 0.29) is 11.6 Å². The largest absolute Gasteiger partial charge is 0.457 e. The number of benzene rings is 3. The molecule has 27 heavy (non-hydrogen) atoms. The molecule has 0 aromatic heterocycles. The molecule has 1 heterocycles. The molecule has 0 saturated carbocycles. The molecule has 0 aliphatic carbocycles. The van der Waals surface area contributed by atoms with Gasteiger partial charge in [-0.1, -0.05) is 47.1 Å². The van der Waals surface area contributed by atoms with Crippen LogP contribution in [0.4, 0.5) is 5.69 Å². The van der Waals surface area contributed by atoms with E-state index in [4.69, 9.17) is 16.3 Å². The molecule has 4 rings (SSSR count). The highest BCUT2D eigenvalue weighted by molar-refractivity contribution is 6.54. The van der Waals surface area contributed by atoms with Gasteiger partial charge in [-0.3, -0.25) is 4.79 Å². The third kappa shape index (κ3) is 3.37. The summed E-state index contributed by atoms with van der Waals surface area (Å²) in [7, 11) is 0. The van der Waals surface area contributed by atoms with Crippen molar-refractivity contribution in [3.05, 3.63) is 88.9 Å². The molecule has 3 aromatic carbocycles. The van der Waals surface area contributed by atoms with E-state index in [9.17, 15) is 10.0 Å². The summed E-state index contributed by atoms with van der Waals surface area (Å²) in [4.78, 5) is 14.2. The highest BCUT2D eigenvalue weighted by atomic mass is 35.5. The summed E-state index contributed by atoms with van der Waals surface area (Å²) in [5.41, 5.74) is 2.05. The Bertz CT molecular complexity index is 1030. The molecule has 0 saturated heterocycles. The van der Waals surface area contributed by atoms with Crippen molar-refractivity contribution in [1.82, 2.24) is 0 Å². The third-order valence-electron chi connectivity index (χ3n) is 4.27. The van der Waals surface area contributed by atoms with Crippen LogP contribution >= 0.6 is 11.6 Å². The summed E-state index contributed by atoms with van der Waals surface area (Å²) < 4.78 is 5.85. The highest BCUT2D eigenvalue weighted by Gasteiger charge is 2.34. The molecule has 1 aliphatic heterocycles. The average molecular weight is 379 g/mol. The Morgan fingerprint density at radius 2 is 1.74 bits per heavy atom. The molecule has 5 nitrogen and oxygen atoms in total. The van der Waals surface area contributed by atoms with Gasteiger partial charge in [0.2, 0.25) is 0 Å². The molecular formula is C21H15ClN2O3. The lowest BCUT2D eigenvalue weighted by Crippen LogP contribution is -2.29. The number of hydrogen-bond donors (Lipinski definition) is 1. The van der Waals surface area contributed by atoms with E-state index >= 15 is 0 Å². The topological polar surface area (TPSA) is 62.1 Å². The fraction of sp³-hybridized carbons (Fsp3) is 0.0476. The molecule has 0 radical (unpaired) electrons. The number of oxime groups is 1. The molecule has 134 valence electrons. The minimum absolute atomic E-state index is 0.0100. The number of anilines is 1. The Labute approximate surface area is 161 Å². The molecule has 1 amide bonds. The maximum Gasteiger partial charge on any atom is 0.281 e. The predicted molar refractivity (Wildman–Crippen MR) is 104 cm³/mol. The van der Waals surface area contributed by atoms with Gasteiger partial charge in [0.15, 0.2) is 5.71 Å². The number of ether oxygens (including phenoxy) is 1. The average Bonchev–Trinajstić information content (AvgIpc) is 2.93. The van der Waals surface area contributed by atoms with Crippen LogP contribution < -0.4 is 9.64 Å². The Hall–Kier alpha value is -3.31. The fourth-order valence-electron chi connectivity index (χ4n) is 3.05. The van der Waals surface area contributed by atoms with E-state index in [1.165, 1.54) is 0 Å². The second-order valence-corrected chi connectivity index (χ2v) is 6.50. The summed E-state index contributed by atoms with van der Waals surface area (Å²) in [5.74, 6) is 1.04. The maximum atomic E-state index is 12.6. The van der Waals surface area contributed by atoms with Gasteiger partial charge in [0.25, 0.3) is 5.91 Å². The third-order valence-corrected chi connectivity index (χ3v) is 4.51. The minimum atomic E-state index is -0.371. The predicted octanol–water partition coefficient (Wildman–Crippen LogP) is 4.86. The molecule has 0 atom stereocenters. The second-order valence-electron chi connectivity index (χ2n) is 6.06. The first kappa shape index (κ1) is 17.1. The Kier molecular flexibility index (Phi) is 4.52. The Balaban J connectivity index is 1.61. The van der Waals surface area contributed by atoms with Crippen LogP contribution in [0.25, 0.3) is 0 Å². The smallest absolute Gasteiger partial charge is 0.281 e. The molecule has 1 aliphatic rings. The van der Waals surface area contributed by atoms with Crippen LogP contribution in [0.2, 0.25) is 5.02 Å². The summed E-state index contributed by atoms with van der Waals surface area (Å²) in [6, 6.07) is 22.1. The number of amides is 1. The summed E-state index contributed by atoms with van der Waals surface area (Å²) in [6.07, 6.45) is 0. The monoisotopic (exact) mass is 378 g/mol. The normalized spacial score (nSPS) is 14.5. The SMILES string of the molecule is O=C1/C(=N\O)c2cc(Cl)ccc2N1Cc1cccc(Oc2ccccc2)c1. The van der Waals surface area contributed by atoms with Crippen molar-refractivity contribution in [2.75, 3.05) is 4.90 Å². The van der Waals surface area contributed by atoms with E-state index in [1.54, 1.807) is 23.1 Å². The van der Waals surface area contributed by atoms with Gasteiger partial charge < -0.3 is 14.8 Å². The van der Waals surface area contributed by atoms with Gasteiger partial charge in [-0.15, -0.1) is 0 Å². The Morgan fingerprint density at radius 1 is 0.963 bits per heavy atom. The summed E-state index contributed by atoms with van der Waals surface area (Å²) in [5, 5.41) is 12.9. The number of nitrogens with zero attached hydrogens (tertiary/aromatic N) is 2. The van der Waals surface area contributed by atoms with Crippen molar-refractivity contribution in [2.45, 2.75) is 6.54 Å². The van der Waals surface area contributed by atoms with Crippen molar-refractivity contribution in [2.24, 2.45) is 5.16 Å². The molecule has 1 N–H and O–H groups in total. The lowest BCUT2D eigenvalue weighted by Gasteiger charge is -2.17. The number of carbonyl (C=O) groups is 1. The zero-order chi connectivity index (χ0) is 18.8. The molecule has 6 heteroatoms. The van der Waals surface area contributed by atoms with Crippen LogP contribution in [-0.4, -0.2) is 16.8 Å². The quantitative estimate of drug-likeness (QED) is 0.521. The van der Waals surface area contributed by atoms with Crippen molar-refractivity contribution in [3.8, 4) is 11.5 Å². The van der Waals surface area contributed by atoms with Gasteiger partial charge in [0.1, 0.15) is 11.5 Å². The van der Waals surface area contributed by atoms with Crippen LogP contribution in [0.3, 0.4) is 0 Å². The molecule has 0 unspecified atom stereocenters. The summed E-state index contributed by atoms with van der Waals surface area (Å²) in [6.45, 7) is 0.318. The zero-order valence-electron chi connectivity index (χ0n) is 14.2. The van der Waals surface area contributed by atoms with Crippen molar-refractivity contribution >= 4 is 28.9 Å².